The molecule has 3 aliphatic rings. The Bertz CT molecular complexity index is 1960. The largest absolute Gasteiger partial charge is 0.461 e. The van der Waals surface area contributed by atoms with Crippen molar-refractivity contribution < 1.29 is 22.7 Å². The number of anilines is 1. The highest BCUT2D eigenvalue weighted by Gasteiger charge is 2.49. The second-order valence-electron chi connectivity index (χ2n) is 12.9. The van der Waals surface area contributed by atoms with Crippen LogP contribution in [-0.2, 0) is 4.79 Å². The van der Waals surface area contributed by atoms with Crippen LogP contribution in [0.25, 0.3) is 32.9 Å². The quantitative estimate of drug-likeness (QED) is 0.190. The second-order valence-corrected chi connectivity index (χ2v) is 12.9. The van der Waals surface area contributed by atoms with E-state index in [1.807, 2.05) is 18.9 Å². The van der Waals surface area contributed by atoms with Crippen LogP contribution in [0.2, 0.25) is 0 Å². The molecule has 4 atom stereocenters. The Balaban J connectivity index is 1.35. The van der Waals surface area contributed by atoms with Crippen LogP contribution in [0.1, 0.15) is 38.2 Å². The standard InChI is InChI=1S/C36H35F3N6O2/c1-5-25-28(38)12-11-22-9-7-10-26(30(22)25)32-31(39)33-27(17-40-32)34(43(4)24-15-21(3)45(19-24)29(46)6-2)42-35(41-33)47-20-36-13-8-14-44(36)18-23(37)16-36/h1,6-7,9-12,17,21,23-24H,2,8,13-16,18-20H2,3-4H3/t21-,23+,24+,36-/m0/s1. The molecule has 4 aromatic rings. The molecule has 3 saturated heterocycles. The molecule has 3 aliphatic heterocycles. The minimum atomic E-state index is -0.937. The lowest BCUT2D eigenvalue weighted by atomic mass is 9.95. The molecule has 0 N–H and O–H groups in total. The molecule has 8 nitrogen and oxygen atoms in total. The Morgan fingerprint density at radius 1 is 1.26 bits per heavy atom. The molecule has 1 amide bonds. The van der Waals surface area contributed by atoms with Gasteiger partial charge in [-0.1, -0.05) is 36.8 Å². The van der Waals surface area contributed by atoms with Crippen molar-refractivity contribution in [2.24, 2.45) is 0 Å². The number of likely N-dealkylation sites (tertiary alicyclic amines) is 1. The third-order valence-electron chi connectivity index (χ3n) is 10.2. The van der Waals surface area contributed by atoms with Gasteiger partial charge >= 0.3 is 6.01 Å². The van der Waals surface area contributed by atoms with E-state index in [0.29, 0.717) is 53.5 Å². The maximum Gasteiger partial charge on any atom is 0.319 e. The molecule has 5 heterocycles. The number of nitrogens with zero attached hydrogens (tertiary/aromatic N) is 6. The van der Waals surface area contributed by atoms with Gasteiger partial charge in [0.15, 0.2) is 5.82 Å². The number of carbonyl (C=O) groups excluding carboxylic acids is 1. The molecular weight excluding hydrogens is 605 g/mol. The number of hydrogen-bond acceptors (Lipinski definition) is 7. The number of carbonyl (C=O) groups is 1. The van der Waals surface area contributed by atoms with E-state index in [0.717, 1.165) is 19.4 Å². The Morgan fingerprint density at radius 2 is 2.09 bits per heavy atom. The maximum atomic E-state index is 16.8. The first-order chi connectivity index (χ1) is 22.6. The van der Waals surface area contributed by atoms with Gasteiger partial charge in [0.05, 0.1) is 16.5 Å². The Kier molecular flexibility index (Phi) is 7.79. The van der Waals surface area contributed by atoms with Gasteiger partial charge < -0.3 is 14.5 Å². The number of fused-ring (bicyclic) bond motifs is 3. The lowest BCUT2D eigenvalue weighted by molar-refractivity contribution is -0.126. The van der Waals surface area contributed by atoms with Crippen molar-refractivity contribution in [1.82, 2.24) is 24.8 Å². The lowest BCUT2D eigenvalue weighted by Gasteiger charge is -2.31. The summed E-state index contributed by atoms with van der Waals surface area (Å²) in [6.07, 6.45) is 10.3. The van der Waals surface area contributed by atoms with Crippen LogP contribution in [-0.4, -0.2) is 87.7 Å². The number of hydrogen-bond donors (Lipinski definition) is 0. The van der Waals surface area contributed by atoms with Crippen molar-refractivity contribution in [3.63, 3.8) is 0 Å². The van der Waals surface area contributed by atoms with E-state index in [4.69, 9.17) is 16.1 Å². The van der Waals surface area contributed by atoms with Gasteiger partial charge in [0, 0.05) is 55.8 Å². The first kappa shape index (κ1) is 30.9. The fourth-order valence-electron chi connectivity index (χ4n) is 7.76. The van der Waals surface area contributed by atoms with E-state index in [2.05, 4.69) is 27.4 Å². The maximum absolute atomic E-state index is 16.8. The summed E-state index contributed by atoms with van der Waals surface area (Å²) >= 11 is 0. The zero-order valence-corrected chi connectivity index (χ0v) is 26.3. The Labute approximate surface area is 271 Å². The number of amides is 1. The van der Waals surface area contributed by atoms with Gasteiger partial charge in [0.2, 0.25) is 5.91 Å². The number of aromatic nitrogens is 3. The molecule has 0 radical (unpaired) electrons. The van der Waals surface area contributed by atoms with Crippen LogP contribution in [0.5, 0.6) is 6.01 Å². The molecule has 0 bridgehead atoms. The Morgan fingerprint density at radius 3 is 2.87 bits per heavy atom. The summed E-state index contributed by atoms with van der Waals surface area (Å²) in [4.78, 5) is 32.1. The number of terminal acetylenes is 1. The van der Waals surface area contributed by atoms with Gasteiger partial charge in [-0.2, -0.15) is 9.97 Å². The van der Waals surface area contributed by atoms with E-state index in [9.17, 15) is 13.6 Å². The van der Waals surface area contributed by atoms with Crippen LogP contribution >= 0.6 is 0 Å². The number of rotatable bonds is 7. The number of benzene rings is 2. The predicted molar refractivity (Wildman–Crippen MR) is 175 cm³/mol. The lowest BCUT2D eigenvalue weighted by Crippen LogP contribution is -2.43. The van der Waals surface area contributed by atoms with Gasteiger partial charge in [0.25, 0.3) is 0 Å². The average molecular weight is 641 g/mol. The predicted octanol–water partition coefficient (Wildman–Crippen LogP) is 5.67. The van der Waals surface area contributed by atoms with Crippen molar-refractivity contribution in [2.75, 3.05) is 38.2 Å². The van der Waals surface area contributed by atoms with Crippen molar-refractivity contribution in [2.45, 2.75) is 56.4 Å². The molecule has 242 valence electrons. The summed E-state index contributed by atoms with van der Waals surface area (Å²) in [6.45, 7) is 7.35. The van der Waals surface area contributed by atoms with Crippen LogP contribution in [0.4, 0.5) is 19.0 Å². The second kappa shape index (κ2) is 11.8. The van der Waals surface area contributed by atoms with E-state index < -0.39 is 23.3 Å². The van der Waals surface area contributed by atoms with Crippen molar-refractivity contribution in [3.8, 4) is 29.6 Å². The first-order valence-electron chi connectivity index (χ1n) is 15.9. The molecule has 2 aromatic carbocycles. The van der Waals surface area contributed by atoms with Gasteiger partial charge in [-0.15, -0.1) is 6.42 Å². The molecule has 11 heteroatoms. The number of halogens is 3. The first-order valence-corrected chi connectivity index (χ1v) is 15.9. The molecule has 0 aliphatic carbocycles. The monoisotopic (exact) mass is 640 g/mol. The number of likely N-dealkylation sites (N-methyl/N-ethyl adjacent to an activating group) is 1. The van der Waals surface area contributed by atoms with E-state index >= 15 is 4.39 Å². The summed E-state index contributed by atoms with van der Waals surface area (Å²) < 4.78 is 52.3. The molecule has 0 saturated carbocycles. The highest BCUT2D eigenvalue weighted by molar-refractivity contribution is 6.02. The van der Waals surface area contributed by atoms with E-state index in [1.54, 1.807) is 29.2 Å². The molecule has 2 aromatic heterocycles. The number of ether oxygens (including phenoxy) is 1. The highest BCUT2D eigenvalue weighted by atomic mass is 19.1. The minimum absolute atomic E-state index is 0.0172. The summed E-state index contributed by atoms with van der Waals surface area (Å²) in [5.74, 6) is 1.31. The summed E-state index contributed by atoms with van der Waals surface area (Å²) in [6, 6.07) is 7.81. The fourth-order valence-corrected chi connectivity index (χ4v) is 7.76. The van der Waals surface area contributed by atoms with Crippen LogP contribution in [0, 0.1) is 24.0 Å². The molecular formula is C36H35F3N6O2. The SMILES string of the molecule is C#Cc1c(F)ccc2cccc(-c3ncc4c(N(C)[C@@H]5C[C@H](C)N(C(=O)C=C)C5)nc(OC[C@@]56CCCN5C[C@H](F)C6)nc4c3F)c12. The summed E-state index contributed by atoms with van der Waals surface area (Å²) in [5.41, 5.74) is -0.190. The Hall–Kier alpha value is -4.69. The molecule has 7 rings (SSSR count). The highest BCUT2D eigenvalue weighted by Crippen LogP contribution is 2.41. The van der Waals surface area contributed by atoms with Gasteiger partial charge in [-0.05, 0) is 50.3 Å². The minimum Gasteiger partial charge on any atom is -0.461 e. The van der Waals surface area contributed by atoms with Gasteiger partial charge in [-0.3, -0.25) is 14.7 Å². The van der Waals surface area contributed by atoms with Crippen LogP contribution < -0.4 is 9.64 Å². The summed E-state index contributed by atoms with van der Waals surface area (Å²) in [7, 11) is 1.84. The number of pyridine rings is 1. The summed E-state index contributed by atoms with van der Waals surface area (Å²) in [5, 5.41) is 1.36. The van der Waals surface area contributed by atoms with Crippen molar-refractivity contribution in [3.05, 3.63) is 66.4 Å². The third kappa shape index (κ3) is 5.15. The van der Waals surface area contributed by atoms with Gasteiger partial charge in [-0.25, -0.2) is 13.2 Å². The topological polar surface area (TPSA) is 74.7 Å². The smallest absolute Gasteiger partial charge is 0.319 e. The fraction of sp³-hybridized carbons (Fsp3) is 0.389. The molecule has 3 fully saturated rings. The average Bonchev–Trinajstić information content (AvgIpc) is 3.74. The van der Waals surface area contributed by atoms with Crippen molar-refractivity contribution >= 4 is 33.4 Å². The van der Waals surface area contributed by atoms with E-state index in [1.165, 1.54) is 18.3 Å². The molecule has 47 heavy (non-hydrogen) atoms. The van der Waals surface area contributed by atoms with Gasteiger partial charge in [0.1, 0.15) is 35.6 Å². The van der Waals surface area contributed by atoms with E-state index in [-0.39, 0.29) is 47.4 Å². The number of alkyl halides is 1. The van der Waals surface area contributed by atoms with Crippen LogP contribution in [0.3, 0.4) is 0 Å². The normalized spacial score (nSPS) is 24.1. The molecule has 0 unspecified atom stereocenters. The zero-order valence-electron chi connectivity index (χ0n) is 26.3. The van der Waals surface area contributed by atoms with Crippen molar-refractivity contribution in [1.29, 1.82) is 0 Å². The molecule has 0 spiro atoms. The zero-order chi connectivity index (χ0) is 33.0. The van der Waals surface area contributed by atoms with Crippen LogP contribution in [0.15, 0.2) is 49.2 Å². The third-order valence-corrected chi connectivity index (χ3v) is 10.2.